The lowest BCUT2D eigenvalue weighted by molar-refractivity contribution is -0.124. The maximum atomic E-state index is 13.1. The van der Waals surface area contributed by atoms with Gasteiger partial charge < -0.3 is 10.1 Å². The van der Waals surface area contributed by atoms with Crippen LogP contribution in [0.2, 0.25) is 0 Å². The van der Waals surface area contributed by atoms with Crippen LogP contribution in [0.15, 0.2) is 24.3 Å². The Morgan fingerprint density at radius 3 is 2.48 bits per heavy atom. The average Bonchev–Trinajstić information content (AvgIpc) is 2.50. The van der Waals surface area contributed by atoms with E-state index in [2.05, 4.69) is 10.2 Å². The molecule has 2 rings (SSSR count). The number of halogens is 1. The van der Waals surface area contributed by atoms with E-state index < -0.39 is 0 Å². The van der Waals surface area contributed by atoms with E-state index in [1.54, 1.807) is 12.1 Å². The minimum atomic E-state index is -0.245. The van der Waals surface area contributed by atoms with Gasteiger partial charge in [-0.15, -0.1) is 0 Å². The number of hydrogen-bond acceptors (Lipinski definition) is 3. The highest BCUT2D eigenvalue weighted by atomic mass is 19.1. The average molecular weight is 294 g/mol. The van der Waals surface area contributed by atoms with Crippen LogP contribution < -0.4 is 5.32 Å². The lowest BCUT2D eigenvalue weighted by atomic mass is 10.0. The van der Waals surface area contributed by atoms with Gasteiger partial charge in [0.2, 0.25) is 5.91 Å². The molecular weight excluding hydrogens is 271 g/mol. The molecule has 0 spiro atoms. The largest absolute Gasteiger partial charge is 0.379 e. The zero-order chi connectivity index (χ0) is 15.2. The van der Waals surface area contributed by atoms with E-state index in [4.69, 9.17) is 4.74 Å². The first kappa shape index (κ1) is 15.9. The molecule has 0 bridgehead atoms. The Morgan fingerprint density at radius 2 is 1.90 bits per heavy atom. The standard InChI is InChI=1S/C16H23FN2O2/c1-12(2)16(20)18-11-15(19-7-9-21-10-8-19)13-3-5-14(17)6-4-13/h3-6,12,15H,7-11H2,1-2H3,(H,18,20)/t15-/m0/s1. The van der Waals surface area contributed by atoms with Gasteiger partial charge in [-0.05, 0) is 17.7 Å². The second kappa shape index (κ2) is 7.52. The Morgan fingerprint density at radius 1 is 1.29 bits per heavy atom. The molecule has 1 aromatic rings. The molecule has 1 amide bonds. The van der Waals surface area contributed by atoms with Crippen LogP contribution >= 0.6 is 0 Å². The predicted octanol–water partition coefficient (Wildman–Crippen LogP) is 1.97. The minimum absolute atomic E-state index is 0.0374. The Balaban J connectivity index is 2.09. The van der Waals surface area contributed by atoms with Crippen molar-refractivity contribution in [3.05, 3.63) is 35.6 Å². The lowest BCUT2D eigenvalue weighted by Gasteiger charge is -2.35. The van der Waals surface area contributed by atoms with Gasteiger partial charge in [-0.2, -0.15) is 0 Å². The SMILES string of the molecule is CC(C)C(=O)NC[C@@H](c1ccc(F)cc1)N1CCOCC1. The van der Waals surface area contributed by atoms with Crippen molar-refractivity contribution in [3.8, 4) is 0 Å². The smallest absolute Gasteiger partial charge is 0.222 e. The van der Waals surface area contributed by atoms with E-state index in [1.807, 2.05) is 13.8 Å². The maximum Gasteiger partial charge on any atom is 0.222 e. The third kappa shape index (κ3) is 4.51. The Kier molecular flexibility index (Phi) is 5.70. The number of amides is 1. The van der Waals surface area contributed by atoms with Crippen LogP contribution in [-0.2, 0) is 9.53 Å². The number of hydrogen-bond donors (Lipinski definition) is 1. The fourth-order valence-electron chi connectivity index (χ4n) is 2.43. The van der Waals surface area contributed by atoms with Crippen LogP contribution in [0.4, 0.5) is 4.39 Å². The van der Waals surface area contributed by atoms with Crippen molar-refractivity contribution in [1.82, 2.24) is 10.2 Å². The third-order valence-electron chi connectivity index (χ3n) is 3.74. The second-order valence-corrected chi connectivity index (χ2v) is 5.62. The molecule has 1 saturated heterocycles. The normalized spacial score (nSPS) is 17.7. The summed E-state index contributed by atoms with van der Waals surface area (Å²) in [5.41, 5.74) is 1.02. The summed E-state index contributed by atoms with van der Waals surface area (Å²) >= 11 is 0. The van der Waals surface area contributed by atoms with Crippen molar-refractivity contribution in [3.63, 3.8) is 0 Å². The van der Waals surface area contributed by atoms with Gasteiger partial charge in [-0.25, -0.2) is 4.39 Å². The van der Waals surface area contributed by atoms with E-state index in [0.29, 0.717) is 19.8 Å². The van der Waals surface area contributed by atoms with Gasteiger partial charge in [0.25, 0.3) is 0 Å². The summed E-state index contributed by atoms with van der Waals surface area (Å²) in [6.45, 7) is 7.29. The minimum Gasteiger partial charge on any atom is -0.379 e. The zero-order valence-corrected chi connectivity index (χ0v) is 12.6. The molecule has 0 saturated carbocycles. The van der Waals surface area contributed by atoms with Gasteiger partial charge in [0.05, 0.1) is 19.3 Å². The number of rotatable bonds is 5. The van der Waals surface area contributed by atoms with Crippen LogP contribution in [-0.4, -0.2) is 43.7 Å². The summed E-state index contributed by atoms with van der Waals surface area (Å²) in [4.78, 5) is 14.1. The van der Waals surface area contributed by atoms with Gasteiger partial charge in [0.1, 0.15) is 5.82 Å². The molecule has 1 aliphatic rings. The number of benzene rings is 1. The van der Waals surface area contributed by atoms with Gasteiger partial charge in [-0.3, -0.25) is 9.69 Å². The number of nitrogens with one attached hydrogen (secondary N) is 1. The van der Waals surface area contributed by atoms with E-state index in [9.17, 15) is 9.18 Å². The molecule has 1 fully saturated rings. The summed E-state index contributed by atoms with van der Waals surface area (Å²) in [5.74, 6) is -0.246. The Bertz CT molecular complexity index is 456. The first-order chi connectivity index (χ1) is 10.1. The summed E-state index contributed by atoms with van der Waals surface area (Å²) in [7, 11) is 0. The second-order valence-electron chi connectivity index (χ2n) is 5.62. The van der Waals surface area contributed by atoms with E-state index >= 15 is 0 Å². The molecule has 5 heteroatoms. The Labute approximate surface area is 125 Å². The molecule has 1 aromatic carbocycles. The monoisotopic (exact) mass is 294 g/mol. The fourth-order valence-corrected chi connectivity index (χ4v) is 2.43. The molecule has 4 nitrogen and oxygen atoms in total. The summed E-state index contributed by atoms with van der Waals surface area (Å²) < 4.78 is 18.5. The Hall–Kier alpha value is -1.46. The number of nitrogens with zero attached hydrogens (tertiary/aromatic N) is 1. The van der Waals surface area contributed by atoms with Crippen molar-refractivity contribution < 1.29 is 13.9 Å². The van der Waals surface area contributed by atoms with Gasteiger partial charge >= 0.3 is 0 Å². The van der Waals surface area contributed by atoms with E-state index in [1.165, 1.54) is 12.1 Å². The highest BCUT2D eigenvalue weighted by Crippen LogP contribution is 2.21. The van der Waals surface area contributed by atoms with Gasteiger partial charge in [-0.1, -0.05) is 26.0 Å². The summed E-state index contributed by atoms with van der Waals surface area (Å²) in [6.07, 6.45) is 0. The summed E-state index contributed by atoms with van der Waals surface area (Å²) in [6, 6.07) is 6.56. The molecule has 21 heavy (non-hydrogen) atoms. The van der Waals surface area contributed by atoms with E-state index in [-0.39, 0.29) is 23.7 Å². The number of carbonyl (C=O) groups is 1. The highest BCUT2D eigenvalue weighted by Gasteiger charge is 2.23. The predicted molar refractivity (Wildman–Crippen MR) is 79.4 cm³/mol. The van der Waals surface area contributed by atoms with E-state index in [0.717, 1.165) is 18.7 Å². The van der Waals surface area contributed by atoms with Crippen molar-refractivity contribution >= 4 is 5.91 Å². The van der Waals surface area contributed by atoms with Crippen LogP contribution in [0, 0.1) is 11.7 Å². The molecule has 0 aromatic heterocycles. The number of ether oxygens (including phenoxy) is 1. The van der Waals surface area contributed by atoms with Crippen molar-refractivity contribution in [2.75, 3.05) is 32.8 Å². The van der Waals surface area contributed by atoms with Crippen molar-refractivity contribution in [2.24, 2.45) is 5.92 Å². The molecule has 1 aliphatic heterocycles. The lowest BCUT2D eigenvalue weighted by Crippen LogP contribution is -2.44. The first-order valence-corrected chi connectivity index (χ1v) is 7.43. The summed E-state index contributed by atoms with van der Waals surface area (Å²) in [5, 5.41) is 2.98. The highest BCUT2D eigenvalue weighted by molar-refractivity contribution is 5.77. The molecule has 0 radical (unpaired) electrons. The quantitative estimate of drug-likeness (QED) is 0.903. The molecule has 1 atom stereocenters. The van der Waals surface area contributed by atoms with Crippen LogP contribution in [0.1, 0.15) is 25.5 Å². The van der Waals surface area contributed by atoms with Gasteiger partial charge in [0, 0.05) is 25.6 Å². The number of morpholine rings is 1. The maximum absolute atomic E-state index is 13.1. The molecular formula is C16H23FN2O2. The number of carbonyl (C=O) groups excluding carboxylic acids is 1. The first-order valence-electron chi connectivity index (χ1n) is 7.43. The topological polar surface area (TPSA) is 41.6 Å². The zero-order valence-electron chi connectivity index (χ0n) is 12.6. The van der Waals surface area contributed by atoms with Crippen molar-refractivity contribution in [2.45, 2.75) is 19.9 Å². The van der Waals surface area contributed by atoms with Crippen LogP contribution in [0.5, 0.6) is 0 Å². The third-order valence-corrected chi connectivity index (χ3v) is 3.74. The fraction of sp³-hybridized carbons (Fsp3) is 0.562. The molecule has 1 heterocycles. The van der Waals surface area contributed by atoms with Crippen LogP contribution in [0.3, 0.4) is 0 Å². The molecule has 116 valence electrons. The van der Waals surface area contributed by atoms with Crippen molar-refractivity contribution in [1.29, 1.82) is 0 Å². The molecule has 1 N–H and O–H groups in total. The van der Waals surface area contributed by atoms with Crippen LogP contribution in [0.25, 0.3) is 0 Å². The molecule has 0 unspecified atom stereocenters. The van der Waals surface area contributed by atoms with Gasteiger partial charge in [0.15, 0.2) is 0 Å². The molecule has 0 aliphatic carbocycles.